The predicted molar refractivity (Wildman–Crippen MR) is 76.0 cm³/mol. The number of hydrogen-bond acceptors (Lipinski definition) is 3. The topological polar surface area (TPSA) is 55.6 Å². The van der Waals surface area contributed by atoms with Crippen molar-refractivity contribution in [1.29, 1.82) is 0 Å². The van der Waals surface area contributed by atoms with Crippen molar-refractivity contribution in [3.05, 3.63) is 29.8 Å². The van der Waals surface area contributed by atoms with Crippen LogP contribution in [-0.4, -0.2) is 36.0 Å². The van der Waals surface area contributed by atoms with Gasteiger partial charge in [-0.15, -0.1) is 0 Å². The van der Waals surface area contributed by atoms with E-state index in [4.69, 9.17) is 22.7 Å². The van der Waals surface area contributed by atoms with Crippen LogP contribution >= 0.6 is 12.2 Å². The normalized spacial score (nSPS) is 9.89. The minimum Gasteiger partial charge on any atom is -0.494 e. The smallest absolute Gasteiger partial charge is 0.254 e. The third-order valence-corrected chi connectivity index (χ3v) is 2.42. The van der Waals surface area contributed by atoms with Crippen molar-refractivity contribution in [1.82, 2.24) is 4.90 Å². The fourth-order valence-corrected chi connectivity index (χ4v) is 1.66. The summed E-state index contributed by atoms with van der Waals surface area (Å²) in [5, 5.41) is 0. The van der Waals surface area contributed by atoms with Crippen molar-refractivity contribution in [2.24, 2.45) is 5.73 Å². The molecule has 0 saturated carbocycles. The minimum absolute atomic E-state index is 0.121. The number of hydrogen-bond donors (Lipinski definition) is 1. The highest BCUT2D eigenvalue weighted by Gasteiger charge is 2.12. The Kier molecular flexibility index (Phi) is 5.58. The Morgan fingerprint density at radius 1 is 1.50 bits per heavy atom. The number of rotatable bonds is 6. The molecule has 0 aliphatic heterocycles. The van der Waals surface area contributed by atoms with Gasteiger partial charge in [0.1, 0.15) is 5.75 Å². The summed E-state index contributed by atoms with van der Waals surface area (Å²) >= 11 is 4.78. The van der Waals surface area contributed by atoms with Crippen LogP contribution in [0.2, 0.25) is 0 Å². The zero-order valence-electron chi connectivity index (χ0n) is 10.7. The molecule has 0 unspecified atom stereocenters. The number of thiocarbonyl (C=S) groups is 1. The second-order valence-electron chi connectivity index (χ2n) is 4.00. The van der Waals surface area contributed by atoms with Crippen molar-refractivity contribution in [3.8, 4) is 5.75 Å². The zero-order chi connectivity index (χ0) is 13.5. The van der Waals surface area contributed by atoms with E-state index in [0.717, 1.165) is 6.42 Å². The monoisotopic (exact) mass is 266 g/mol. The van der Waals surface area contributed by atoms with Crippen LogP contribution in [0.3, 0.4) is 0 Å². The summed E-state index contributed by atoms with van der Waals surface area (Å²) in [7, 11) is 1.67. The number of likely N-dealkylation sites (N-methyl/N-ethyl adjacent to an activating group) is 1. The second-order valence-corrected chi connectivity index (χ2v) is 4.53. The molecule has 0 spiro atoms. The number of carbonyl (C=O) groups is 1. The summed E-state index contributed by atoms with van der Waals surface area (Å²) < 4.78 is 5.49. The molecule has 2 N–H and O–H groups in total. The van der Waals surface area contributed by atoms with Crippen LogP contribution in [0.4, 0.5) is 0 Å². The molecule has 0 bridgehead atoms. The molecule has 0 atom stereocenters. The molecule has 0 radical (unpaired) electrons. The standard InChI is InChI=1S/C13H18N2O2S/c1-3-7-17-11-6-4-5-10(8-11)13(16)15(2)9-12(14)18/h4-6,8H,3,7,9H2,1-2H3,(H2,14,18). The van der Waals surface area contributed by atoms with Crippen LogP contribution in [0.25, 0.3) is 0 Å². The lowest BCUT2D eigenvalue weighted by Crippen LogP contribution is -2.34. The van der Waals surface area contributed by atoms with E-state index in [1.165, 1.54) is 4.90 Å². The molecule has 0 fully saturated rings. The highest BCUT2D eigenvalue weighted by Crippen LogP contribution is 2.14. The molecule has 1 aromatic carbocycles. The van der Waals surface area contributed by atoms with Gasteiger partial charge >= 0.3 is 0 Å². The first kappa shape index (κ1) is 14.4. The van der Waals surface area contributed by atoms with Crippen LogP contribution in [-0.2, 0) is 0 Å². The van der Waals surface area contributed by atoms with E-state index in [0.29, 0.717) is 22.9 Å². The van der Waals surface area contributed by atoms with Gasteiger partial charge in [-0.25, -0.2) is 0 Å². The quantitative estimate of drug-likeness (QED) is 0.798. The van der Waals surface area contributed by atoms with E-state index in [1.807, 2.05) is 13.0 Å². The zero-order valence-corrected chi connectivity index (χ0v) is 11.5. The molecule has 0 aromatic heterocycles. The lowest BCUT2D eigenvalue weighted by molar-refractivity contribution is 0.0814. The highest BCUT2D eigenvalue weighted by atomic mass is 32.1. The number of amides is 1. The molecular formula is C13H18N2O2S. The Labute approximate surface area is 113 Å². The Morgan fingerprint density at radius 3 is 2.83 bits per heavy atom. The van der Waals surface area contributed by atoms with Crippen molar-refractivity contribution < 1.29 is 9.53 Å². The lowest BCUT2D eigenvalue weighted by Gasteiger charge is -2.16. The van der Waals surface area contributed by atoms with E-state index in [9.17, 15) is 4.79 Å². The van der Waals surface area contributed by atoms with Crippen molar-refractivity contribution in [3.63, 3.8) is 0 Å². The number of nitrogens with zero attached hydrogens (tertiary/aromatic N) is 1. The number of ether oxygens (including phenoxy) is 1. The molecule has 98 valence electrons. The van der Waals surface area contributed by atoms with Crippen LogP contribution in [0.1, 0.15) is 23.7 Å². The Hall–Kier alpha value is -1.62. The summed E-state index contributed by atoms with van der Waals surface area (Å²) in [6, 6.07) is 7.11. The van der Waals surface area contributed by atoms with Gasteiger partial charge in [0.05, 0.1) is 18.1 Å². The van der Waals surface area contributed by atoms with Crippen LogP contribution in [0.15, 0.2) is 24.3 Å². The van der Waals surface area contributed by atoms with Gasteiger partial charge in [0, 0.05) is 12.6 Å². The average Bonchev–Trinajstić information content (AvgIpc) is 2.35. The first-order valence-corrected chi connectivity index (χ1v) is 6.22. The van der Waals surface area contributed by atoms with E-state index >= 15 is 0 Å². The van der Waals surface area contributed by atoms with Gasteiger partial charge in [-0.1, -0.05) is 25.2 Å². The second kappa shape index (κ2) is 6.96. The first-order chi connectivity index (χ1) is 8.54. The summed E-state index contributed by atoms with van der Waals surface area (Å²) in [5.74, 6) is 0.580. The molecule has 0 aliphatic carbocycles. The summed E-state index contributed by atoms with van der Waals surface area (Å²) in [4.78, 5) is 13.8. The Bertz CT molecular complexity index is 435. The highest BCUT2D eigenvalue weighted by molar-refractivity contribution is 7.80. The largest absolute Gasteiger partial charge is 0.494 e. The van der Waals surface area contributed by atoms with Gasteiger partial charge in [0.15, 0.2) is 0 Å². The molecule has 0 heterocycles. The number of nitrogens with two attached hydrogens (primary N) is 1. The minimum atomic E-state index is -0.121. The van der Waals surface area contributed by atoms with Gasteiger partial charge in [-0.05, 0) is 24.6 Å². The van der Waals surface area contributed by atoms with Gasteiger partial charge in [-0.3, -0.25) is 4.79 Å². The van der Waals surface area contributed by atoms with Gasteiger partial charge in [0.2, 0.25) is 0 Å². The number of carbonyl (C=O) groups excluding carboxylic acids is 1. The van der Waals surface area contributed by atoms with Crippen molar-refractivity contribution in [2.45, 2.75) is 13.3 Å². The molecule has 1 aromatic rings. The van der Waals surface area contributed by atoms with Crippen molar-refractivity contribution >= 4 is 23.1 Å². The van der Waals surface area contributed by atoms with E-state index in [2.05, 4.69) is 0 Å². The molecule has 0 saturated heterocycles. The van der Waals surface area contributed by atoms with Crippen LogP contribution < -0.4 is 10.5 Å². The maximum Gasteiger partial charge on any atom is 0.254 e. The van der Waals surface area contributed by atoms with E-state index < -0.39 is 0 Å². The SMILES string of the molecule is CCCOc1cccc(C(=O)N(C)CC(N)=S)c1. The van der Waals surface area contributed by atoms with E-state index in [1.54, 1.807) is 25.2 Å². The molecule has 0 aliphatic rings. The van der Waals surface area contributed by atoms with E-state index in [-0.39, 0.29) is 12.5 Å². The van der Waals surface area contributed by atoms with Crippen LogP contribution in [0.5, 0.6) is 5.75 Å². The Morgan fingerprint density at radius 2 is 2.22 bits per heavy atom. The fourth-order valence-electron chi connectivity index (χ4n) is 1.46. The Balaban J connectivity index is 2.76. The number of benzene rings is 1. The predicted octanol–water partition coefficient (Wildman–Crippen LogP) is 1.83. The van der Waals surface area contributed by atoms with Gasteiger partial charge in [-0.2, -0.15) is 0 Å². The average molecular weight is 266 g/mol. The molecule has 18 heavy (non-hydrogen) atoms. The van der Waals surface area contributed by atoms with Gasteiger partial charge < -0.3 is 15.4 Å². The molecule has 1 rings (SSSR count). The van der Waals surface area contributed by atoms with Crippen molar-refractivity contribution in [2.75, 3.05) is 20.2 Å². The first-order valence-electron chi connectivity index (χ1n) is 5.81. The summed E-state index contributed by atoms with van der Waals surface area (Å²) in [6.07, 6.45) is 0.930. The lowest BCUT2D eigenvalue weighted by atomic mass is 10.2. The molecular weight excluding hydrogens is 248 g/mol. The molecule has 5 heteroatoms. The van der Waals surface area contributed by atoms with Gasteiger partial charge in [0.25, 0.3) is 5.91 Å². The van der Waals surface area contributed by atoms with Crippen LogP contribution in [0, 0.1) is 0 Å². The third-order valence-electron chi connectivity index (χ3n) is 2.29. The third kappa shape index (κ3) is 4.33. The molecule has 1 amide bonds. The summed E-state index contributed by atoms with van der Waals surface area (Å²) in [5.41, 5.74) is 5.99. The summed E-state index contributed by atoms with van der Waals surface area (Å²) in [6.45, 7) is 2.94. The maximum atomic E-state index is 12.1. The maximum absolute atomic E-state index is 12.1. The molecule has 4 nitrogen and oxygen atoms in total. The fraction of sp³-hybridized carbons (Fsp3) is 0.385.